The van der Waals surface area contributed by atoms with E-state index in [-0.39, 0.29) is 63.2 Å². The number of hydrogen-bond donors (Lipinski definition) is 12. The molecule has 12 N–H and O–H groups in total. The number of ketones is 1. The second-order valence-electron chi connectivity index (χ2n) is 22.1. The number of unbranched alkanes of at least 4 members (excludes halogenated alkanes) is 2. The maximum Gasteiger partial charge on any atom is 0.334 e. The van der Waals surface area contributed by atoms with Gasteiger partial charge in [-0.2, -0.15) is 0 Å². The lowest BCUT2D eigenvalue weighted by atomic mass is 9.84. The molecule has 2 heterocycles. The molecule has 0 saturated carbocycles. The number of ether oxygens (including phenoxy) is 3. The van der Waals surface area contributed by atoms with Gasteiger partial charge in [-0.3, -0.25) is 14.6 Å². The van der Waals surface area contributed by atoms with Crippen molar-refractivity contribution in [1.82, 2.24) is 10.6 Å². The van der Waals surface area contributed by atoms with E-state index in [0.29, 0.717) is 11.1 Å². The molecule has 2 aliphatic rings. The molecule has 2 aliphatic heterocycles. The second-order valence-corrected chi connectivity index (χ2v) is 22.1. The normalized spacial score (nSPS) is 37.6. The van der Waals surface area contributed by atoms with Crippen LogP contribution in [-0.2, 0) is 28.6 Å². The highest BCUT2D eigenvalue weighted by molar-refractivity contribution is 5.94. The summed E-state index contributed by atoms with van der Waals surface area (Å²) in [5.41, 5.74) is 0.823. The first kappa shape index (κ1) is 69.2. The van der Waals surface area contributed by atoms with Crippen LogP contribution in [0.4, 0.5) is 0 Å². The van der Waals surface area contributed by atoms with Gasteiger partial charge in [0, 0.05) is 82.5 Å². The van der Waals surface area contributed by atoms with Crippen LogP contribution in [0.1, 0.15) is 152 Å². The van der Waals surface area contributed by atoms with Gasteiger partial charge in [-0.25, -0.2) is 4.79 Å². The third kappa shape index (κ3) is 25.9. The summed E-state index contributed by atoms with van der Waals surface area (Å²) in [4.78, 5) is 42.3. The minimum absolute atomic E-state index is 0.0538. The van der Waals surface area contributed by atoms with Gasteiger partial charge >= 0.3 is 11.9 Å². The molecule has 19 heteroatoms. The van der Waals surface area contributed by atoms with Crippen LogP contribution in [0, 0.1) is 29.6 Å². The van der Waals surface area contributed by atoms with E-state index in [1.165, 1.54) is 6.92 Å². The van der Waals surface area contributed by atoms with E-state index in [9.17, 15) is 65.4 Å². The predicted molar refractivity (Wildman–Crippen MR) is 295 cm³/mol. The molecule has 2 rings (SSSR count). The number of aliphatic hydroxyl groups excluding tert-OH is 9. The third-order valence-corrected chi connectivity index (χ3v) is 15.1. The Morgan fingerprint density at radius 2 is 1.43 bits per heavy atom. The van der Waals surface area contributed by atoms with Crippen LogP contribution in [0.5, 0.6) is 0 Å². The maximum atomic E-state index is 13.7. The minimum atomic E-state index is -2.45. The summed E-state index contributed by atoms with van der Waals surface area (Å²) in [6.45, 7) is 14.4. The number of guanidine groups is 1. The fourth-order valence-corrected chi connectivity index (χ4v) is 9.71. The number of carbonyl (C=O) groups excluding carboxylic acids is 3. The molecule has 18 atom stereocenters. The van der Waals surface area contributed by atoms with Crippen molar-refractivity contribution < 1.29 is 79.7 Å². The van der Waals surface area contributed by atoms with Crippen LogP contribution in [0.3, 0.4) is 0 Å². The summed E-state index contributed by atoms with van der Waals surface area (Å²) in [6, 6.07) is 0. The largest absolute Gasteiger partial charge is 0.462 e. The van der Waals surface area contributed by atoms with E-state index >= 15 is 0 Å². The summed E-state index contributed by atoms with van der Waals surface area (Å²) < 4.78 is 17.6. The molecule has 0 aromatic rings. The summed E-state index contributed by atoms with van der Waals surface area (Å²) in [6.07, 6.45) is 2.75. The summed E-state index contributed by atoms with van der Waals surface area (Å²) in [5, 5.41) is 118. The highest BCUT2D eigenvalue weighted by Gasteiger charge is 2.50. The van der Waals surface area contributed by atoms with Gasteiger partial charge in [-0.15, -0.1) is 0 Å². The van der Waals surface area contributed by atoms with Gasteiger partial charge < -0.3 is 75.9 Å². The van der Waals surface area contributed by atoms with Crippen molar-refractivity contribution >= 4 is 23.7 Å². The van der Waals surface area contributed by atoms with Crippen molar-refractivity contribution in [2.45, 2.75) is 231 Å². The quantitative estimate of drug-likeness (QED) is 0.0326. The first-order chi connectivity index (χ1) is 36.2. The summed E-state index contributed by atoms with van der Waals surface area (Å²) in [5.74, 6) is -5.61. The van der Waals surface area contributed by atoms with Gasteiger partial charge in [0.15, 0.2) is 11.7 Å². The zero-order valence-corrected chi connectivity index (χ0v) is 47.6. The molecule has 19 nitrogen and oxygen atoms in total. The molecular weight excluding hydrogens is 995 g/mol. The number of hydrogen-bond acceptors (Lipinski definition) is 17. The average Bonchev–Trinajstić information content (AvgIpc) is 3.35. The lowest BCUT2D eigenvalue weighted by Gasteiger charge is -2.45. The Morgan fingerprint density at radius 1 is 0.805 bits per heavy atom. The molecule has 0 amide bonds. The van der Waals surface area contributed by atoms with Gasteiger partial charge in [-0.1, -0.05) is 83.2 Å². The van der Waals surface area contributed by atoms with Crippen molar-refractivity contribution in [1.29, 1.82) is 0 Å². The Hall–Kier alpha value is -3.86. The van der Waals surface area contributed by atoms with E-state index < -0.39 is 127 Å². The molecule has 0 radical (unpaired) electrons. The molecule has 1 saturated heterocycles. The zero-order valence-electron chi connectivity index (χ0n) is 47.6. The third-order valence-electron chi connectivity index (χ3n) is 15.1. The highest BCUT2D eigenvalue weighted by Crippen LogP contribution is 2.36. The van der Waals surface area contributed by atoms with Crippen LogP contribution in [0.15, 0.2) is 64.7 Å². The first-order valence-corrected chi connectivity index (χ1v) is 27.9. The van der Waals surface area contributed by atoms with E-state index in [2.05, 4.69) is 27.8 Å². The smallest absolute Gasteiger partial charge is 0.334 e. The van der Waals surface area contributed by atoms with Crippen molar-refractivity contribution in [3.05, 3.63) is 59.8 Å². The van der Waals surface area contributed by atoms with Crippen LogP contribution in [-0.4, -0.2) is 174 Å². The van der Waals surface area contributed by atoms with Crippen LogP contribution < -0.4 is 10.6 Å². The SMILES string of the molecule is CN=C(NC)NCCC/C=C/CCC[C@H](C)[C@H]1OC(=O)/C(C)=C\C=C\[C@H](C)[C@@H](O)C[C@H](O)[C@@H](C)[C@H](O)CC[C@H](C)[C@@H](O)C[C@]2(O)O[C@H](C[C@H](O)C[C@@H](OC(=O)CC(C)=O)C[C@@H](O)C[C@H](O)/C(C)=C/C=C\[C@H]1C)C[C@@H](O)[C@@H]2O. The number of carbonyl (C=O) groups is 3. The molecule has 77 heavy (non-hydrogen) atoms. The van der Waals surface area contributed by atoms with Gasteiger partial charge in [0.1, 0.15) is 30.5 Å². The number of fused-ring (bicyclic) bond motifs is 2. The number of rotatable bonds is 12. The number of nitrogens with one attached hydrogen (secondary N) is 2. The number of esters is 2. The molecule has 1 fully saturated rings. The number of cyclic esters (lactones) is 1. The Morgan fingerprint density at radius 3 is 2.06 bits per heavy atom. The highest BCUT2D eigenvalue weighted by atomic mass is 16.7. The molecule has 0 aromatic heterocycles. The molecule has 0 unspecified atom stereocenters. The number of aliphatic imine (C=N–C) groups is 1. The van der Waals surface area contributed by atoms with Crippen molar-refractivity contribution in [2.24, 2.45) is 34.6 Å². The number of allylic oxidation sites excluding steroid dienone is 6. The number of nitrogens with zero attached hydrogens (tertiary/aromatic N) is 1. The number of aliphatic hydroxyl groups is 10. The summed E-state index contributed by atoms with van der Waals surface area (Å²) in [7, 11) is 3.53. The van der Waals surface area contributed by atoms with Crippen molar-refractivity contribution in [3.8, 4) is 0 Å². The van der Waals surface area contributed by atoms with E-state index in [4.69, 9.17) is 14.2 Å². The van der Waals surface area contributed by atoms with Crippen molar-refractivity contribution in [2.75, 3.05) is 20.6 Å². The fraction of sp³-hybridized carbons (Fsp3) is 0.759. The second kappa shape index (κ2) is 35.7. The number of Topliss-reactive ketones (excluding diaryl/α,β-unsaturated/α-hetero) is 1. The Kier molecular flexibility index (Phi) is 32.1. The zero-order chi connectivity index (χ0) is 58.0. The molecule has 0 aliphatic carbocycles. The van der Waals surface area contributed by atoms with Crippen LogP contribution in [0.25, 0.3) is 0 Å². The van der Waals surface area contributed by atoms with E-state index in [1.807, 2.05) is 27.0 Å². The molecule has 2 bridgehead atoms. The van der Waals surface area contributed by atoms with E-state index in [0.717, 1.165) is 44.6 Å². The Labute approximate surface area is 458 Å². The lowest BCUT2D eigenvalue weighted by molar-refractivity contribution is -0.333. The van der Waals surface area contributed by atoms with Crippen LogP contribution >= 0.6 is 0 Å². The van der Waals surface area contributed by atoms with Gasteiger partial charge in [-0.05, 0) is 89.5 Å². The lowest BCUT2D eigenvalue weighted by Crippen LogP contribution is -2.59. The van der Waals surface area contributed by atoms with Crippen LogP contribution in [0.2, 0.25) is 0 Å². The molecule has 0 spiro atoms. The maximum absolute atomic E-state index is 13.7. The van der Waals surface area contributed by atoms with Gasteiger partial charge in [0.2, 0.25) is 0 Å². The van der Waals surface area contributed by atoms with Crippen molar-refractivity contribution in [3.63, 3.8) is 0 Å². The Bertz CT molecular complexity index is 1940. The van der Waals surface area contributed by atoms with Gasteiger partial charge in [0.05, 0.1) is 54.9 Å². The minimum Gasteiger partial charge on any atom is -0.462 e. The predicted octanol–water partition coefficient (Wildman–Crippen LogP) is 4.14. The Balaban J connectivity index is 2.44. The topological polar surface area (TPSA) is 318 Å². The monoisotopic (exact) mass is 1090 g/mol. The summed E-state index contributed by atoms with van der Waals surface area (Å²) >= 11 is 0. The van der Waals surface area contributed by atoms with Gasteiger partial charge in [0.25, 0.3) is 0 Å². The fourth-order valence-electron chi connectivity index (χ4n) is 9.71. The molecule has 0 aromatic carbocycles. The van der Waals surface area contributed by atoms with E-state index in [1.54, 1.807) is 72.0 Å². The molecule has 442 valence electrons. The molecular formula is C58H99N3O16. The standard InChI is InChI=1S/C58H99N3O16/c1-35-20-17-22-39(5)54(38(4)19-15-13-11-12-14-16-26-61-57(59-9)60-10)76-56(73)40(6)23-18-21-36(2)49(67)33-50(68)42(8)47(65)25-24-37(3)52(70)34-58(74)55(72)51(69)32-46(77-58)30-43(63)28-45(29-44(64)31-48(35)66)75-53(71)27-41(7)62/h11-12,17-18,20-23,36-39,42-52,54-55,63-70,72,74H,13-16,19,24-34H2,1-10H3,(H2,59,60,61)/b12-11+,21-18+,22-17-,35-20+,40-23-/t36-,37-,38-,39+,42-,43+,44+,45+,46+,47+,48-,49-,50-,51+,52-,54+,55-,58-/m0/s1. The average molecular weight is 1090 g/mol. The first-order valence-electron chi connectivity index (χ1n) is 27.9.